The summed E-state index contributed by atoms with van der Waals surface area (Å²) in [5.74, 6) is 0. The van der Waals surface area contributed by atoms with Crippen LogP contribution in [-0.4, -0.2) is 62.4 Å². The smallest absolute Gasteiger partial charge is 0.282 e. The molecular weight excluding hydrogens is 338 g/mol. The fraction of sp³-hybridized carbons (Fsp3) is 0.600. The van der Waals surface area contributed by atoms with E-state index in [1.165, 1.54) is 0 Å². The van der Waals surface area contributed by atoms with Crippen LogP contribution < -0.4 is 5.32 Å². The number of nitrogens with one attached hydrogen (secondary N) is 1. The number of morpholine rings is 1. The van der Waals surface area contributed by atoms with Gasteiger partial charge in [-0.15, -0.1) is 0 Å². The molecule has 3 rings (SSSR count). The molecule has 6 nitrogen and oxygen atoms in total. The highest BCUT2D eigenvalue weighted by Gasteiger charge is 2.38. The maximum Gasteiger partial charge on any atom is 0.282 e. The van der Waals surface area contributed by atoms with Gasteiger partial charge in [0, 0.05) is 43.8 Å². The van der Waals surface area contributed by atoms with Gasteiger partial charge in [-0.1, -0.05) is 23.7 Å². The Morgan fingerprint density at radius 2 is 2.04 bits per heavy atom. The van der Waals surface area contributed by atoms with Gasteiger partial charge in [-0.2, -0.15) is 17.0 Å². The van der Waals surface area contributed by atoms with Crippen LogP contribution in [0, 0.1) is 0 Å². The fourth-order valence-electron chi connectivity index (χ4n) is 2.99. The number of ether oxygens (including phenoxy) is 1. The first-order chi connectivity index (χ1) is 11.0. The summed E-state index contributed by atoms with van der Waals surface area (Å²) in [7, 11) is -3.47. The van der Waals surface area contributed by atoms with Crippen molar-refractivity contribution in [2.75, 3.05) is 39.3 Å². The number of hydrogen-bond acceptors (Lipinski definition) is 4. The van der Waals surface area contributed by atoms with Crippen LogP contribution in [0.1, 0.15) is 18.6 Å². The number of benzene rings is 1. The van der Waals surface area contributed by atoms with Crippen molar-refractivity contribution in [1.82, 2.24) is 13.9 Å². The summed E-state index contributed by atoms with van der Waals surface area (Å²) in [5.41, 5.74) is 0.907. The summed E-state index contributed by atoms with van der Waals surface area (Å²) >= 11 is 6.04. The second-order valence-corrected chi connectivity index (χ2v) is 8.27. The maximum atomic E-state index is 12.9. The molecular formula is C15H22ClN3O3S. The van der Waals surface area contributed by atoms with E-state index in [0.717, 1.165) is 5.56 Å². The molecule has 0 radical (unpaired) electrons. The van der Waals surface area contributed by atoms with E-state index < -0.39 is 10.2 Å². The fourth-order valence-corrected chi connectivity index (χ4v) is 4.97. The van der Waals surface area contributed by atoms with Crippen molar-refractivity contribution < 1.29 is 13.2 Å². The molecule has 2 aliphatic rings. The minimum Gasteiger partial charge on any atom is -0.370 e. The van der Waals surface area contributed by atoms with Gasteiger partial charge in [-0.25, -0.2) is 0 Å². The lowest BCUT2D eigenvalue weighted by Gasteiger charge is -2.40. The average molecular weight is 360 g/mol. The Bertz CT molecular complexity index is 649. The van der Waals surface area contributed by atoms with Gasteiger partial charge in [0.25, 0.3) is 10.2 Å². The summed E-state index contributed by atoms with van der Waals surface area (Å²) < 4.78 is 34.8. The summed E-state index contributed by atoms with van der Waals surface area (Å²) in [6, 6.07) is 7.23. The zero-order valence-corrected chi connectivity index (χ0v) is 14.7. The number of nitrogens with zero attached hydrogens (tertiary/aromatic N) is 2. The molecule has 2 unspecified atom stereocenters. The van der Waals surface area contributed by atoms with Crippen LogP contribution in [0.2, 0.25) is 5.02 Å². The van der Waals surface area contributed by atoms with E-state index in [-0.39, 0.29) is 12.1 Å². The zero-order chi connectivity index (χ0) is 16.4. The topological polar surface area (TPSA) is 61.9 Å². The van der Waals surface area contributed by atoms with E-state index in [0.29, 0.717) is 44.4 Å². The van der Waals surface area contributed by atoms with E-state index >= 15 is 0 Å². The lowest BCUT2D eigenvalue weighted by atomic mass is 10.1. The van der Waals surface area contributed by atoms with Crippen LogP contribution in [-0.2, 0) is 14.9 Å². The van der Waals surface area contributed by atoms with E-state index in [1.54, 1.807) is 14.7 Å². The third-order valence-electron chi connectivity index (χ3n) is 4.30. The van der Waals surface area contributed by atoms with Crippen molar-refractivity contribution in [3.63, 3.8) is 0 Å². The Morgan fingerprint density at radius 3 is 2.74 bits per heavy atom. The molecule has 1 aromatic rings. The molecule has 1 N–H and O–H groups in total. The second-order valence-electron chi connectivity index (χ2n) is 5.95. The van der Waals surface area contributed by atoms with Crippen molar-refractivity contribution in [2.24, 2.45) is 0 Å². The first-order valence-electron chi connectivity index (χ1n) is 7.83. The van der Waals surface area contributed by atoms with Crippen LogP contribution in [0.15, 0.2) is 24.3 Å². The highest BCUT2D eigenvalue weighted by Crippen LogP contribution is 2.29. The van der Waals surface area contributed by atoms with E-state index in [2.05, 4.69) is 5.32 Å². The van der Waals surface area contributed by atoms with Gasteiger partial charge in [0.1, 0.15) is 0 Å². The molecule has 0 amide bonds. The minimum absolute atomic E-state index is 0.176. The van der Waals surface area contributed by atoms with Crippen LogP contribution in [0.25, 0.3) is 0 Å². The normalized spacial score (nSPS) is 27.9. The Balaban J connectivity index is 1.80. The van der Waals surface area contributed by atoms with Crippen LogP contribution >= 0.6 is 11.6 Å². The maximum absolute atomic E-state index is 12.9. The predicted molar refractivity (Wildman–Crippen MR) is 89.7 cm³/mol. The van der Waals surface area contributed by atoms with Crippen LogP contribution in [0.3, 0.4) is 0 Å². The Morgan fingerprint density at radius 1 is 1.30 bits per heavy atom. The average Bonchev–Trinajstić information content (AvgIpc) is 2.56. The van der Waals surface area contributed by atoms with E-state index in [4.69, 9.17) is 16.3 Å². The SMILES string of the molecule is CC1COC(c2cccc(Cl)c2)CN1S(=O)(=O)N1CCNCC1. The Kier molecular flexibility index (Phi) is 5.25. The van der Waals surface area contributed by atoms with Gasteiger partial charge in [0.15, 0.2) is 0 Å². The molecule has 8 heteroatoms. The second kappa shape index (κ2) is 7.04. The van der Waals surface area contributed by atoms with Gasteiger partial charge < -0.3 is 10.1 Å². The quantitative estimate of drug-likeness (QED) is 0.882. The van der Waals surface area contributed by atoms with Crippen molar-refractivity contribution >= 4 is 21.8 Å². The van der Waals surface area contributed by atoms with Crippen LogP contribution in [0.5, 0.6) is 0 Å². The van der Waals surface area contributed by atoms with Crippen molar-refractivity contribution in [3.8, 4) is 0 Å². The monoisotopic (exact) mass is 359 g/mol. The molecule has 2 fully saturated rings. The Hall–Kier alpha value is -0.700. The molecule has 0 bridgehead atoms. The summed E-state index contributed by atoms with van der Waals surface area (Å²) in [5, 5.41) is 3.80. The molecule has 2 atom stereocenters. The lowest BCUT2D eigenvalue weighted by molar-refractivity contribution is -0.0308. The predicted octanol–water partition coefficient (Wildman–Crippen LogP) is 1.25. The van der Waals surface area contributed by atoms with Gasteiger partial charge in [-0.05, 0) is 24.6 Å². The molecule has 0 aliphatic carbocycles. The number of hydrogen-bond donors (Lipinski definition) is 1. The lowest BCUT2D eigenvalue weighted by Crippen LogP contribution is -2.57. The Labute approximate surface area is 142 Å². The molecule has 0 spiro atoms. The third kappa shape index (κ3) is 3.70. The highest BCUT2D eigenvalue weighted by molar-refractivity contribution is 7.86. The first-order valence-corrected chi connectivity index (χ1v) is 9.60. The largest absolute Gasteiger partial charge is 0.370 e. The molecule has 23 heavy (non-hydrogen) atoms. The van der Waals surface area contributed by atoms with Gasteiger partial charge >= 0.3 is 0 Å². The molecule has 1 aromatic carbocycles. The van der Waals surface area contributed by atoms with E-state index in [9.17, 15) is 8.42 Å². The molecule has 0 saturated carbocycles. The number of piperazine rings is 1. The standard InChI is InChI=1S/C15H22ClN3O3S/c1-12-11-22-15(13-3-2-4-14(16)9-13)10-19(12)23(20,21)18-7-5-17-6-8-18/h2-4,9,12,15,17H,5-8,10-11H2,1H3. The molecule has 2 aliphatic heterocycles. The third-order valence-corrected chi connectivity index (χ3v) is 6.65. The van der Waals surface area contributed by atoms with Crippen molar-refractivity contribution in [3.05, 3.63) is 34.9 Å². The number of rotatable bonds is 3. The van der Waals surface area contributed by atoms with E-state index in [1.807, 2.05) is 25.1 Å². The molecule has 0 aromatic heterocycles. The molecule has 128 valence electrons. The van der Waals surface area contributed by atoms with Gasteiger partial charge in [0.05, 0.1) is 12.7 Å². The summed E-state index contributed by atoms with van der Waals surface area (Å²) in [6.07, 6.45) is -0.289. The van der Waals surface area contributed by atoms with Crippen molar-refractivity contribution in [1.29, 1.82) is 0 Å². The molecule has 2 saturated heterocycles. The summed E-state index contributed by atoms with van der Waals surface area (Å²) in [4.78, 5) is 0. The minimum atomic E-state index is -3.47. The molecule has 2 heterocycles. The number of halogens is 1. The summed E-state index contributed by atoms with van der Waals surface area (Å²) in [6.45, 7) is 4.97. The van der Waals surface area contributed by atoms with Crippen LogP contribution in [0.4, 0.5) is 0 Å². The highest BCUT2D eigenvalue weighted by atomic mass is 35.5. The first kappa shape index (κ1) is 17.1. The van der Waals surface area contributed by atoms with Gasteiger partial charge in [0.2, 0.25) is 0 Å². The van der Waals surface area contributed by atoms with Gasteiger partial charge in [-0.3, -0.25) is 0 Å². The van der Waals surface area contributed by atoms with Crippen molar-refractivity contribution in [2.45, 2.75) is 19.1 Å². The zero-order valence-electron chi connectivity index (χ0n) is 13.1.